The fourth-order valence-corrected chi connectivity index (χ4v) is 3.30. The van der Waals surface area contributed by atoms with E-state index in [1.807, 2.05) is 6.92 Å². The zero-order valence-corrected chi connectivity index (χ0v) is 11.3. The predicted molar refractivity (Wildman–Crippen MR) is 71.2 cm³/mol. The van der Waals surface area contributed by atoms with Crippen LogP contribution in [0.15, 0.2) is 0 Å². The fraction of sp³-hybridized carbons (Fsp3) is 0.929. The summed E-state index contributed by atoms with van der Waals surface area (Å²) < 4.78 is 0. The van der Waals surface area contributed by atoms with Gasteiger partial charge in [-0.15, -0.1) is 0 Å². The lowest BCUT2D eigenvalue weighted by atomic mass is 9.85. The summed E-state index contributed by atoms with van der Waals surface area (Å²) in [4.78, 5) is 12.0. The van der Waals surface area contributed by atoms with Gasteiger partial charge in [0.1, 0.15) is 0 Å². The third kappa shape index (κ3) is 3.45. The van der Waals surface area contributed by atoms with Crippen molar-refractivity contribution in [2.45, 2.75) is 70.1 Å². The summed E-state index contributed by atoms with van der Waals surface area (Å²) in [7, 11) is 0. The maximum absolute atomic E-state index is 12.0. The van der Waals surface area contributed by atoms with E-state index in [4.69, 9.17) is 0 Å². The van der Waals surface area contributed by atoms with Gasteiger partial charge < -0.3 is 15.7 Å². The molecule has 0 bridgehead atoms. The number of fused-ring (bicyclic) bond motifs is 1. The number of carbonyl (C=O) groups excluding carboxylic acids is 1. The van der Waals surface area contributed by atoms with Crippen molar-refractivity contribution in [3.63, 3.8) is 0 Å². The first kappa shape index (κ1) is 13.8. The standard InChI is InChI=1S/C14H26N2O2/c1-2-5-11(17)9-15-14(18)13-8-10-6-3-4-7-12(10)16-13/h10-13,16-17H,2-9H2,1H3,(H,15,18). The van der Waals surface area contributed by atoms with Gasteiger partial charge in [0.2, 0.25) is 5.91 Å². The normalized spacial score (nSPS) is 32.9. The minimum atomic E-state index is -0.400. The van der Waals surface area contributed by atoms with Crippen molar-refractivity contribution in [2.75, 3.05) is 6.54 Å². The molecule has 1 amide bonds. The molecule has 2 fully saturated rings. The number of rotatable bonds is 5. The third-order valence-corrected chi connectivity index (χ3v) is 4.31. The molecule has 1 aliphatic heterocycles. The average Bonchev–Trinajstić information content (AvgIpc) is 2.80. The van der Waals surface area contributed by atoms with Crippen molar-refractivity contribution >= 4 is 5.91 Å². The van der Waals surface area contributed by atoms with E-state index in [2.05, 4.69) is 10.6 Å². The maximum Gasteiger partial charge on any atom is 0.237 e. The highest BCUT2D eigenvalue weighted by Crippen LogP contribution is 2.33. The maximum atomic E-state index is 12.0. The van der Waals surface area contributed by atoms with Crippen LogP contribution in [0.2, 0.25) is 0 Å². The second-order valence-electron chi connectivity index (χ2n) is 5.79. The average molecular weight is 254 g/mol. The van der Waals surface area contributed by atoms with Crippen LogP contribution < -0.4 is 10.6 Å². The van der Waals surface area contributed by atoms with E-state index >= 15 is 0 Å². The zero-order chi connectivity index (χ0) is 13.0. The molecule has 18 heavy (non-hydrogen) atoms. The quantitative estimate of drug-likeness (QED) is 0.690. The first-order valence-corrected chi connectivity index (χ1v) is 7.42. The van der Waals surface area contributed by atoms with Crippen molar-refractivity contribution < 1.29 is 9.90 Å². The summed E-state index contributed by atoms with van der Waals surface area (Å²) in [5.41, 5.74) is 0. The summed E-state index contributed by atoms with van der Waals surface area (Å²) in [6.07, 6.45) is 7.35. The molecule has 1 heterocycles. The van der Waals surface area contributed by atoms with Gasteiger partial charge in [0.05, 0.1) is 12.1 Å². The number of carbonyl (C=O) groups is 1. The first-order chi connectivity index (χ1) is 8.70. The molecule has 0 aromatic carbocycles. The molecule has 4 unspecified atom stereocenters. The monoisotopic (exact) mass is 254 g/mol. The van der Waals surface area contributed by atoms with Crippen LogP contribution in [0.1, 0.15) is 51.9 Å². The van der Waals surface area contributed by atoms with E-state index in [0.717, 1.165) is 19.3 Å². The smallest absolute Gasteiger partial charge is 0.237 e. The SMILES string of the molecule is CCCC(O)CNC(=O)C1CC2CCCCC2N1. The van der Waals surface area contributed by atoms with E-state index in [0.29, 0.717) is 18.5 Å². The van der Waals surface area contributed by atoms with Crippen molar-refractivity contribution in [3.8, 4) is 0 Å². The van der Waals surface area contributed by atoms with Crippen molar-refractivity contribution in [3.05, 3.63) is 0 Å². The summed E-state index contributed by atoms with van der Waals surface area (Å²) in [5, 5.41) is 15.9. The van der Waals surface area contributed by atoms with Crippen LogP contribution in [0.5, 0.6) is 0 Å². The summed E-state index contributed by atoms with van der Waals surface area (Å²) in [6.45, 7) is 2.43. The van der Waals surface area contributed by atoms with Crippen LogP contribution in [0.4, 0.5) is 0 Å². The van der Waals surface area contributed by atoms with Crippen LogP contribution in [-0.2, 0) is 4.79 Å². The molecular formula is C14H26N2O2. The van der Waals surface area contributed by atoms with Gasteiger partial charge in [-0.25, -0.2) is 0 Å². The van der Waals surface area contributed by atoms with E-state index in [-0.39, 0.29) is 11.9 Å². The molecule has 1 saturated heterocycles. The van der Waals surface area contributed by atoms with Crippen molar-refractivity contribution in [1.29, 1.82) is 0 Å². The van der Waals surface area contributed by atoms with Crippen molar-refractivity contribution in [2.24, 2.45) is 5.92 Å². The molecule has 4 nitrogen and oxygen atoms in total. The van der Waals surface area contributed by atoms with Gasteiger partial charge in [0, 0.05) is 12.6 Å². The Morgan fingerprint density at radius 1 is 1.44 bits per heavy atom. The Labute approximate surface area is 110 Å². The number of nitrogens with one attached hydrogen (secondary N) is 2. The van der Waals surface area contributed by atoms with Gasteiger partial charge >= 0.3 is 0 Å². The van der Waals surface area contributed by atoms with Crippen LogP contribution in [0.25, 0.3) is 0 Å². The van der Waals surface area contributed by atoms with Gasteiger partial charge in [-0.05, 0) is 31.6 Å². The molecule has 0 radical (unpaired) electrons. The predicted octanol–water partition coefficient (Wildman–Crippen LogP) is 1.18. The van der Waals surface area contributed by atoms with Crippen LogP contribution in [-0.4, -0.2) is 35.7 Å². The Bertz CT molecular complexity index is 269. The second-order valence-corrected chi connectivity index (χ2v) is 5.79. The molecule has 0 aromatic rings. The van der Waals surface area contributed by atoms with E-state index < -0.39 is 6.10 Å². The molecule has 4 heteroatoms. The summed E-state index contributed by atoms with van der Waals surface area (Å²) >= 11 is 0. The number of aliphatic hydroxyl groups excluding tert-OH is 1. The Balaban J connectivity index is 1.73. The molecular weight excluding hydrogens is 228 g/mol. The van der Waals surface area contributed by atoms with Gasteiger partial charge in [-0.1, -0.05) is 26.2 Å². The molecule has 2 aliphatic rings. The van der Waals surface area contributed by atoms with Crippen LogP contribution in [0.3, 0.4) is 0 Å². The molecule has 4 atom stereocenters. The van der Waals surface area contributed by atoms with Crippen molar-refractivity contribution in [1.82, 2.24) is 10.6 Å². The van der Waals surface area contributed by atoms with Gasteiger partial charge in [-0.3, -0.25) is 4.79 Å². The Morgan fingerprint density at radius 3 is 2.94 bits per heavy atom. The van der Waals surface area contributed by atoms with Gasteiger partial charge in [-0.2, -0.15) is 0 Å². The zero-order valence-electron chi connectivity index (χ0n) is 11.3. The Morgan fingerprint density at radius 2 is 2.22 bits per heavy atom. The largest absolute Gasteiger partial charge is 0.391 e. The summed E-state index contributed by atoms with van der Waals surface area (Å²) in [6, 6.07) is 0.516. The van der Waals surface area contributed by atoms with E-state index in [9.17, 15) is 9.90 Å². The number of aliphatic hydroxyl groups is 1. The number of hydrogen-bond acceptors (Lipinski definition) is 3. The first-order valence-electron chi connectivity index (χ1n) is 7.42. The molecule has 1 saturated carbocycles. The minimum Gasteiger partial charge on any atom is -0.391 e. The van der Waals surface area contributed by atoms with Crippen LogP contribution >= 0.6 is 0 Å². The van der Waals surface area contributed by atoms with Gasteiger partial charge in [0.15, 0.2) is 0 Å². The lowest BCUT2D eigenvalue weighted by Gasteiger charge is -2.24. The highest BCUT2D eigenvalue weighted by atomic mass is 16.3. The number of amides is 1. The highest BCUT2D eigenvalue weighted by molar-refractivity contribution is 5.82. The minimum absolute atomic E-state index is 0.0353. The highest BCUT2D eigenvalue weighted by Gasteiger charge is 2.38. The molecule has 1 aliphatic carbocycles. The molecule has 0 spiro atoms. The van der Waals surface area contributed by atoms with Gasteiger partial charge in [0.25, 0.3) is 0 Å². The number of hydrogen-bond donors (Lipinski definition) is 3. The molecule has 2 rings (SSSR count). The van der Waals surface area contributed by atoms with E-state index in [1.54, 1.807) is 0 Å². The molecule has 3 N–H and O–H groups in total. The topological polar surface area (TPSA) is 61.4 Å². The van der Waals surface area contributed by atoms with E-state index in [1.165, 1.54) is 25.7 Å². The Hall–Kier alpha value is -0.610. The molecule has 0 aromatic heterocycles. The molecule has 104 valence electrons. The van der Waals surface area contributed by atoms with Crippen LogP contribution in [0, 0.1) is 5.92 Å². The second kappa shape index (κ2) is 6.53. The Kier molecular flexibility index (Phi) is 5.01. The fourth-order valence-electron chi connectivity index (χ4n) is 3.30. The lowest BCUT2D eigenvalue weighted by molar-refractivity contribution is -0.123. The lowest BCUT2D eigenvalue weighted by Crippen LogP contribution is -2.45. The summed E-state index contributed by atoms with van der Waals surface area (Å²) in [5.74, 6) is 0.759. The third-order valence-electron chi connectivity index (χ3n) is 4.31.